The van der Waals surface area contributed by atoms with Crippen LogP contribution in [0.25, 0.3) is 0 Å². The third kappa shape index (κ3) is 2.57. The maximum Gasteiger partial charge on any atom is 0.414 e. The summed E-state index contributed by atoms with van der Waals surface area (Å²) < 4.78 is 0. The Balaban J connectivity index is 2.39. The van der Waals surface area contributed by atoms with E-state index in [0.717, 1.165) is 11.4 Å². The van der Waals surface area contributed by atoms with Gasteiger partial charge in [-0.2, -0.15) is 0 Å². The Labute approximate surface area is 107 Å². The van der Waals surface area contributed by atoms with Crippen molar-refractivity contribution in [2.24, 2.45) is 0 Å². The zero-order valence-electron chi connectivity index (χ0n) is 10.2. The van der Waals surface area contributed by atoms with Gasteiger partial charge in [0.1, 0.15) is 0 Å². The van der Waals surface area contributed by atoms with E-state index in [4.69, 9.17) is 11.5 Å². The second kappa shape index (κ2) is 5.02. The minimum absolute atomic E-state index is 0.641. The van der Waals surface area contributed by atoms with Crippen molar-refractivity contribution in [3.8, 4) is 0 Å². The molecule has 0 saturated heterocycles. The molecular formula is C13H16BN3O. The molecule has 0 aliphatic rings. The number of nitrogens with two attached hydrogens (primary N) is 2. The number of nitrogen functional groups attached to an aromatic ring is 2. The van der Waals surface area contributed by atoms with Crippen LogP contribution >= 0.6 is 0 Å². The molecule has 0 aliphatic heterocycles. The van der Waals surface area contributed by atoms with Crippen LogP contribution in [0, 0.1) is 0 Å². The van der Waals surface area contributed by atoms with Crippen molar-refractivity contribution in [3.05, 3.63) is 48.5 Å². The highest BCUT2D eigenvalue weighted by molar-refractivity contribution is 6.55. The van der Waals surface area contributed by atoms with Crippen LogP contribution in [-0.2, 0) is 0 Å². The topological polar surface area (TPSA) is 75.5 Å². The quantitative estimate of drug-likeness (QED) is 0.568. The van der Waals surface area contributed by atoms with Gasteiger partial charge in [-0.05, 0) is 55.4 Å². The highest BCUT2D eigenvalue weighted by atomic mass is 16.2. The second-order valence-corrected chi connectivity index (χ2v) is 4.18. The lowest BCUT2D eigenvalue weighted by Gasteiger charge is -2.26. The average molecular weight is 241 g/mol. The molecule has 0 heterocycles. The van der Waals surface area contributed by atoms with Crippen molar-refractivity contribution in [2.75, 3.05) is 16.3 Å². The van der Waals surface area contributed by atoms with E-state index in [1.165, 1.54) is 0 Å². The summed E-state index contributed by atoms with van der Waals surface area (Å²) in [5.74, 6) is 0. The zero-order valence-corrected chi connectivity index (χ0v) is 10.2. The zero-order chi connectivity index (χ0) is 13.1. The fourth-order valence-corrected chi connectivity index (χ4v) is 1.85. The average Bonchev–Trinajstić information content (AvgIpc) is 2.34. The molecule has 0 aliphatic carbocycles. The Morgan fingerprint density at radius 3 is 1.44 bits per heavy atom. The first-order valence-electron chi connectivity index (χ1n) is 5.76. The molecular weight excluding hydrogens is 225 g/mol. The van der Waals surface area contributed by atoms with Crippen LogP contribution in [0.2, 0.25) is 6.82 Å². The molecule has 0 amide bonds. The van der Waals surface area contributed by atoms with E-state index in [-0.39, 0.29) is 0 Å². The molecule has 0 unspecified atom stereocenters. The molecule has 2 aromatic rings. The molecule has 0 saturated carbocycles. The summed E-state index contributed by atoms with van der Waals surface area (Å²) in [6, 6.07) is 14.7. The standard InChI is InChI=1S/C13H16BN3O/c1-14(18)17(12-6-2-10(15)3-7-12)13-8-4-11(16)5-9-13/h2-9,18H,15-16H2,1H3. The molecule has 0 fully saturated rings. The molecule has 0 aromatic heterocycles. The third-order valence-corrected chi connectivity index (χ3v) is 2.72. The van der Waals surface area contributed by atoms with Gasteiger partial charge in [0.05, 0.1) is 0 Å². The van der Waals surface area contributed by atoms with Crippen LogP contribution in [0.3, 0.4) is 0 Å². The van der Waals surface area contributed by atoms with Crippen molar-refractivity contribution in [1.29, 1.82) is 0 Å². The van der Waals surface area contributed by atoms with Crippen LogP contribution < -0.4 is 16.3 Å². The van der Waals surface area contributed by atoms with Gasteiger partial charge in [0.25, 0.3) is 0 Å². The highest BCUT2D eigenvalue weighted by Crippen LogP contribution is 2.27. The molecule has 5 heteroatoms. The van der Waals surface area contributed by atoms with E-state index in [1.807, 2.05) is 48.5 Å². The minimum atomic E-state index is -0.641. The summed E-state index contributed by atoms with van der Waals surface area (Å²) in [6.07, 6.45) is 0. The Morgan fingerprint density at radius 1 is 0.833 bits per heavy atom. The summed E-state index contributed by atoms with van der Waals surface area (Å²) in [6.45, 7) is 1.71. The molecule has 0 bridgehead atoms. The number of anilines is 4. The number of hydrogen-bond acceptors (Lipinski definition) is 4. The maximum atomic E-state index is 9.92. The van der Waals surface area contributed by atoms with Crippen molar-refractivity contribution >= 4 is 29.8 Å². The fourth-order valence-electron chi connectivity index (χ4n) is 1.85. The fraction of sp³-hybridized carbons (Fsp3) is 0.0769. The van der Waals surface area contributed by atoms with Crippen molar-refractivity contribution in [1.82, 2.24) is 0 Å². The van der Waals surface area contributed by atoms with E-state index in [2.05, 4.69) is 0 Å². The van der Waals surface area contributed by atoms with Gasteiger partial charge in [-0.1, -0.05) is 0 Å². The molecule has 2 rings (SSSR count). The molecule has 92 valence electrons. The first-order chi connectivity index (χ1) is 8.58. The number of benzene rings is 2. The Hall–Kier alpha value is -2.14. The van der Waals surface area contributed by atoms with Gasteiger partial charge in [-0.3, -0.25) is 0 Å². The van der Waals surface area contributed by atoms with E-state index < -0.39 is 7.05 Å². The van der Waals surface area contributed by atoms with E-state index >= 15 is 0 Å². The molecule has 0 radical (unpaired) electrons. The molecule has 5 N–H and O–H groups in total. The molecule has 18 heavy (non-hydrogen) atoms. The SMILES string of the molecule is CB(O)N(c1ccc(N)cc1)c1ccc(N)cc1. The second-order valence-electron chi connectivity index (χ2n) is 4.18. The largest absolute Gasteiger partial charge is 0.432 e. The van der Waals surface area contributed by atoms with Crippen molar-refractivity contribution in [3.63, 3.8) is 0 Å². The van der Waals surface area contributed by atoms with E-state index in [0.29, 0.717) is 11.4 Å². The molecule has 4 nitrogen and oxygen atoms in total. The summed E-state index contributed by atoms with van der Waals surface area (Å²) in [4.78, 5) is 1.80. The van der Waals surface area contributed by atoms with E-state index in [9.17, 15) is 5.02 Å². The lowest BCUT2D eigenvalue weighted by atomic mass is 9.83. The summed E-state index contributed by atoms with van der Waals surface area (Å²) >= 11 is 0. The predicted molar refractivity (Wildman–Crippen MR) is 77.7 cm³/mol. The minimum Gasteiger partial charge on any atom is -0.432 e. The lowest BCUT2D eigenvalue weighted by molar-refractivity contribution is 0.578. The van der Waals surface area contributed by atoms with Gasteiger partial charge in [-0.25, -0.2) is 0 Å². The van der Waals surface area contributed by atoms with Crippen LogP contribution in [0.15, 0.2) is 48.5 Å². The Morgan fingerprint density at radius 2 is 1.17 bits per heavy atom. The van der Waals surface area contributed by atoms with Gasteiger partial charge < -0.3 is 21.3 Å². The molecule has 2 aromatic carbocycles. The number of nitrogens with zero attached hydrogens (tertiary/aromatic N) is 1. The molecule has 0 atom stereocenters. The number of rotatable bonds is 3. The lowest BCUT2D eigenvalue weighted by Crippen LogP contribution is -2.32. The maximum absolute atomic E-state index is 9.92. The van der Waals surface area contributed by atoms with Gasteiger partial charge in [0, 0.05) is 22.7 Å². The van der Waals surface area contributed by atoms with Gasteiger partial charge in [0.2, 0.25) is 0 Å². The third-order valence-electron chi connectivity index (χ3n) is 2.72. The first kappa shape index (κ1) is 12.3. The summed E-state index contributed by atoms with van der Waals surface area (Å²) in [5.41, 5.74) is 14.5. The monoisotopic (exact) mass is 241 g/mol. The highest BCUT2D eigenvalue weighted by Gasteiger charge is 2.18. The normalized spacial score (nSPS) is 10.1. The molecule has 0 spiro atoms. The van der Waals surface area contributed by atoms with Crippen LogP contribution in [0.4, 0.5) is 22.7 Å². The summed E-state index contributed by atoms with van der Waals surface area (Å²) in [7, 11) is -0.641. The van der Waals surface area contributed by atoms with Gasteiger partial charge >= 0.3 is 7.05 Å². The predicted octanol–water partition coefficient (Wildman–Crippen LogP) is 2.10. The van der Waals surface area contributed by atoms with Crippen LogP contribution in [-0.4, -0.2) is 12.1 Å². The van der Waals surface area contributed by atoms with Crippen LogP contribution in [0.1, 0.15) is 0 Å². The first-order valence-corrected chi connectivity index (χ1v) is 5.76. The summed E-state index contributed by atoms with van der Waals surface area (Å²) in [5, 5.41) is 9.92. The Bertz CT molecular complexity index is 465. The van der Waals surface area contributed by atoms with Crippen LogP contribution in [0.5, 0.6) is 0 Å². The number of hydrogen-bond donors (Lipinski definition) is 3. The van der Waals surface area contributed by atoms with Gasteiger partial charge in [-0.15, -0.1) is 0 Å². The Kier molecular flexibility index (Phi) is 3.44. The van der Waals surface area contributed by atoms with Gasteiger partial charge in [0.15, 0.2) is 0 Å². The van der Waals surface area contributed by atoms with Crippen molar-refractivity contribution in [2.45, 2.75) is 6.82 Å². The van der Waals surface area contributed by atoms with Crippen molar-refractivity contribution < 1.29 is 5.02 Å². The smallest absolute Gasteiger partial charge is 0.414 e. The van der Waals surface area contributed by atoms with E-state index in [1.54, 1.807) is 11.6 Å².